The summed E-state index contributed by atoms with van der Waals surface area (Å²) in [6.07, 6.45) is 0.206. The van der Waals surface area contributed by atoms with Crippen molar-refractivity contribution in [2.24, 2.45) is 5.73 Å². The van der Waals surface area contributed by atoms with Gasteiger partial charge in [-0.05, 0) is 17.7 Å². The third kappa shape index (κ3) is 4.64. The van der Waals surface area contributed by atoms with Gasteiger partial charge in [0.05, 0.1) is 13.5 Å². The summed E-state index contributed by atoms with van der Waals surface area (Å²) in [4.78, 5) is 11.0. The quantitative estimate of drug-likeness (QED) is 0.871. The number of nitrogens with two attached hydrogens (primary N) is 1. The average molecular weight is 295 g/mol. The van der Waals surface area contributed by atoms with Gasteiger partial charge in [-0.15, -0.1) is 12.4 Å². The third-order valence-corrected chi connectivity index (χ3v) is 2.44. The summed E-state index contributed by atoms with van der Waals surface area (Å²) in [6, 6.07) is 7.27. The predicted octanol–water partition coefficient (Wildman–Crippen LogP) is 2.43. The Balaban J connectivity index is 0.00000196. The number of carbonyl (C=O) groups is 1. The van der Waals surface area contributed by atoms with Crippen LogP contribution in [0.25, 0.3) is 0 Å². The third-order valence-electron chi connectivity index (χ3n) is 1.91. The number of methoxy groups -OCH3 is 1. The van der Waals surface area contributed by atoms with Crippen molar-refractivity contribution in [1.29, 1.82) is 0 Å². The second-order valence-corrected chi connectivity index (χ2v) is 3.85. The van der Waals surface area contributed by atoms with Crippen molar-refractivity contribution in [2.75, 3.05) is 7.11 Å². The van der Waals surface area contributed by atoms with Gasteiger partial charge in [0.1, 0.15) is 0 Å². The molecule has 0 aliphatic carbocycles. The molecule has 0 fully saturated rings. The molecule has 3 nitrogen and oxygen atoms in total. The Hall–Kier alpha value is -0.580. The molecule has 0 bridgehead atoms. The van der Waals surface area contributed by atoms with Gasteiger partial charge < -0.3 is 10.5 Å². The molecular weight excluding hydrogens is 281 g/mol. The number of hydrogen-bond acceptors (Lipinski definition) is 3. The lowest BCUT2D eigenvalue weighted by atomic mass is 10.1. The van der Waals surface area contributed by atoms with E-state index in [0.29, 0.717) is 0 Å². The van der Waals surface area contributed by atoms with Crippen LogP contribution in [0.5, 0.6) is 0 Å². The normalized spacial score (nSPS) is 11.4. The van der Waals surface area contributed by atoms with E-state index in [1.54, 1.807) is 0 Å². The van der Waals surface area contributed by atoms with Crippen molar-refractivity contribution in [3.63, 3.8) is 0 Å². The molecule has 0 aliphatic rings. The number of esters is 1. The van der Waals surface area contributed by atoms with Crippen molar-refractivity contribution in [1.82, 2.24) is 0 Å². The maximum atomic E-state index is 11.0. The summed E-state index contributed by atoms with van der Waals surface area (Å²) in [7, 11) is 1.36. The topological polar surface area (TPSA) is 52.3 Å². The first-order valence-corrected chi connectivity index (χ1v) is 5.00. The molecule has 15 heavy (non-hydrogen) atoms. The van der Waals surface area contributed by atoms with Crippen LogP contribution >= 0.6 is 28.3 Å². The minimum Gasteiger partial charge on any atom is -0.469 e. The molecule has 0 saturated heterocycles. The highest BCUT2D eigenvalue weighted by atomic mass is 79.9. The lowest BCUT2D eigenvalue weighted by Gasteiger charge is -2.10. The molecular formula is C10H13BrClNO2. The zero-order chi connectivity index (χ0) is 10.6. The first kappa shape index (κ1) is 14.4. The van der Waals surface area contributed by atoms with Crippen molar-refractivity contribution in [3.05, 3.63) is 34.3 Å². The van der Waals surface area contributed by atoms with Crippen LogP contribution in [0.2, 0.25) is 0 Å². The minimum absolute atomic E-state index is 0. The molecule has 0 heterocycles. The summed E-state index contributed by atoms with van der Waals surface area (Å²) in [5.74, 6) is -0.291. The Morgan fingerprint density at radius 1 is 1.47 bits per heavy atom. The Morgan fingerprint density at radius 2 is 2.00 bits per heavy atom. The molecule has 84 valence electrons. The summed E-state index contributed by atoms with van der Waals surface area (Å²) >= 11 is 3.33. The van der Waals surface area contributed by atoms with Gasteiger partial charge in [-0.3, -0.25) is 4.79 Å². The zero-order valence-electron chi connectivity index (χ0n) is 8.27. The van der Waals surface area contributed by atoms with E-state index in [9.17, 15) is 4.79 Å². The standard InChI is InChI=1S/C10H12BrNO2.ClH/c1-14-10(13)6-9(12)7-2-4-8(11)5-3-7;/h2-5,9H,6,12H2,1H3;1H/t9-;/m1./s1. The largest absolute Gasteiger partial charge is 0.469 e. The SMILES string of the molecule is COC(=O)C[C@@H](N)c1ccc(Br)cc1.Cl. The van der Waals surface area contributed by atoms with E-state index in [4.69, 9.17) is 5.73 Å². The average Bonchev–Trinajstić information content (AvgIpc) is 2.18. The minimum atomic E-state index is -0.296. The van der Waals surface area contributed by atoms with Crippen molar-refractivity contribution >= 4 is 34.3 Å². The number of ether oxygens (including phenoxy) is 1. The molecule has 1 aromatic carbocycles. The number of benzene rings is 1. The first-order chi connectivity index (χ1) is 6.63. The molecule has 5 heteroatoms. The molecule has 0 aromatic heterocycles. The van der Waals surface area contributed by atoms with Crippen LogP contribution in [-0.2, 0) is 9.53 Å². The highest BCUT2D eigenvalue weighted by Crippen LogP contribution is 2.17. The van der Waals surface area contributed by atoms with Gasteiger partial charge >= 0.3 is 5.97 Å². The van der Waals surface area contributed by atoms with Crippen LogP contribution in [0.3, 0.4) is 0 Å². The summed E-state index contributed by atoms with van der Waals surface area (Å²) in [5.41, 5.74) is 6.73. The number of rotatable bonds is 3. The monoisotopic (exact) mass is 293 g/mol. The molecule has 0 amide bonds. The first-order valence-electron chi connectivity index (χ1n) is 4.21. The van der Waals surface area contributed by atoms with Gasteiger partial charge in [0.15, 0.2) is 0 Å². The summed E-state index contributed by atoms with van der Waals surface area (Å²) in [6.45, 7) is 0. The zero-order valence-corrected chi connectivity index (χ0v) is 10.7. The second kappa shape index (κ2) is 6.82. The van der Waals surface area contributed by atoms with Crippen LogP contribution in [-0.4, -0.2) is 13.1 Å². The highest BCUT2D eigenvalue weighted by molar-refractivity contribution is 9.10. The van der Waals surface area contributed by atoms with E-state index in [-0.39, 0.29) is 30.8 Å². The van der Waals surface area contributed by atoms with Gasteiger partial charge in [0.25, 0.3) is 0 Å². The van der Waals surface area contributed by atoms with Gasteiger partial charge in [-0.25, -0.2) is 0 Å². The molecule has 0 saturated carbocycles. The molecule has 1 rings (SSSR count). The number of hydrogen-bond donors (Lipinski definition) is 1. The van der Waals surface area contributed by atoms with Crippen LogP contribution in [0.1, 0.15) is 18.0 Å². The Bertz CT molecular complexity index is 316. The maximum absolute atomic E-state index is 11.0. The maximum Gasteiger partial charge on any atom is 0.307 e. The number of carbonyl (C=O) groups excluding carboxylic acids is 1. The molecule has 0 unspecified atom stereocenters. The summed E-state index contributed by atoms with van der Waals surface area (Å²) in [5, 5.41) is 0. The van der Waals surface area contributed by atoms with Crippen molar-refractivity contribution in [2.45, 2.75) is 12.5 Å². The fourth-order valence-electron chi connectivity index (χ4n) is 1.09. The van der Waals surface area contributed by atoms with Crippen LogP contribution in [0.4, 0.5) is 0 Å². The smallest absolute Gasteiger partial charge is 0.307 e. The van der Waals surface area contributed by atoms with Crippen LogP contribution in [0.15, 0.2) is 28.7 Å². The van der Waals surface area contributed by atoms with Gasteiger partial charge in [-0.2, -0.15) is 0 Å². The fourth-order valence-corrected chi connectivity index (χ4v) is 1.36. The molecule has 0 aliphatic heterocycles. The summed E-state index contributed by atoms with van der Waals surface area (Å²) < 4.78 is 5.53. The Kier molecular flexibility index (Phi) is 6.56. The predicted molar refractivity (Wildman–Crippen MR) is 65.0 cm³/mol. The van der Waals surface area contributed by atoms with E-state index in [1.165, 1.54) is 7.11 Å². The van der Waals surface area contributed by atoms with Crippen LogP contribution in [0, 0.1) is 0 Å². The van der Waals surface area contributed by atoms with E-state index in [1.807, 2.05) is 24.3 Å². The van der Waals surface area contributed by atoms with Gasteiger partial charge in [0.2, 0.25) is 0 Å². The number of halogens is 2. The van der Waals surface area contributed by atoms with E-state index in [0.717, 1.165) is 10.0 Å². The van der Waals surface area contributed by atoms with Gasteiger partial charge in [0, 0.05) is 10.5 Å². The van der Waals surface area contributed by atoms with Gasteiger partial charge in [-0.1, -0.05) is 28.1 Å². The molecule has 0 spiro atoms. The van der Waals surface area contributed by atoms with Crippen LogP contribution < -0.4 is 5.73 Å². The molecule has 1 aromatic rings. The second-order valence-electron chi connectivity index (χ2n) is 2.94. The van der Waals surface area contributed by atoms with Crippen molar-refractivity contribution < 1.29 is 9.53 Å². The molecule has 1 atom stereocenters. The van der Waals surface area contributed by atoms with Crippen molar-refractivity contribution in [3.8, 4) is 0 Å². The Morgan fingerprint density at radius 3 is 2.47 bits per heavy atom. The molecule has 0 radical (unpaired) electrons. The Labute approximate surface area is 104 Å². The van der Waals surface area contributed by atoms with E-state index < -0.39 is 0 Å². The lowest BCUT2D eigenvalue weighted by Crippen LogP contribution is -2.16. The van der Waals surface area contributed by atoms with E-state index in [2.05, 4.69) is 20.7 Å². The molecule has 2 N–H and O–H groups in total. The highest BCUT2D eigenvalue weighted by Gasteiger charge is 2.11. The lowest BCUT2D eigenvalue weighted by molar-refractivity contribution is -0.141. The fraction of sp³-hybridized carbons (Fsp3) is 0.300. The van der Waals surface area contributed by atoms with E-state index >= 15 is 0 Å².